The Kier molecular flexibility index (Phi) is 7.90. The minimum absolute atomic E-state index is 0.0397. The van der Waals surface area contributed by atoms with E-state index in [4.69, 9.17) is 9.47 Å². The van der Waals surface area contributed by atoms with Gasteiger partial charge in [0.2, 0.25) is 15.9 Å². The second-order valence-corrected chi connectivity index (χ2v) is 8.76. The largest absolute Gasteiger partial charge is 0.495 e. The standard InChI is InChI=1S/C21H28N2O5S/c1-16(2)28-18-10-7-9-17(15-18)22-21(24)13-8-14-23(29(4,25)26)19-11-5-6-12-20(19)27-3/h5-7,9-12,15-16H,8,13-14H2,1-4H3,(H,22,24). The summed E-state index contributed by atoms with van der Waals surface area (Å²) in [6.07, 6.45) is 1.72. The van der Waals surface area contributed by atoms with Crippen molar-refractivity contribution in [2.75, 3.05) is 29.5 Å². The molecule has 0 spiro atoms. The first-order valence-electron chi connectivity index (χ1n) is 9.38. The second kappa shape index (κ2) is 10.2. The van der Waals surface area contributed by atoms with Crippen LogP contribution in [0.2, 0.25) is 0 Å². The highest BCUT2D eigenvalue weighted by atomic mass is 32.2. The number of anilines is 2. The quantitative estimate of drug-likeness (QED) is 0.634. The average Bonchev–Trinajstić information content (AvgIpc) is 2.64. The summed E-state index contributed by atoms with van der Waals surface area (Å²) in [4.78, 5) is 12.3. The van der Waals surface area contributed by atoms with E-state index in [1.165, 1.54) is 11.4 Å². The van der Waals surface area contributed by atoms with Gasteiger partial charge in [-0.25, -0.2) is 8.42 Å². The molecule has 0 bridgehead atoms. The molecule has 0 unspecified atom stereocenters. The van der Waals surface area contributed by atoms with Gasteiger partial charge in [-0.15, -0.1) is 0 Å². The fraction of sp³-hybridized carbons (Fsp3) is 0.381. The molecule has 0 aromatic heterocycles. The minimum atomic E-state index is -3.52. The third kappa shape index (κ3) is 6.98. The fourth-order valence-corrected chi connectivity index (χ4v) is 3.80. The Morgan fingerprint density at radius 1 is 1.14 bits per heavy atom. The van der Waals surface area contributed by atoms with Gasteiger partial charge in [-0.05, 0) is 44.5 Å². The molecule has 0 saturated heterocycles. The molecule has 8 heteroatoms. The van der Waals surface area contributed by atoms with Gasteiger partial charge in [0.1, 0.15) is 11.5 Å². The van der Waals surface area contributed by atoms with Crippen LogP contribution in [0.4, 0.5) is 11.4 Å². The first-order chi connectivity index (χ1) is 13.7. The lowest BCUT2D eigenvalue weighted by Gasteiger charge is -2.24. The topological polar surface area (TPSA) is 84.9 Å². The molecule has 0 saturated carbocycles. The van der Waals surface area contributed by atoms with Crippen molar-refractivity contribution in [3.05, 3.63) is 48.5 Å². The van der Waals surface area contributed by atoms with Crippen molar-refractivity contribution in [1.82, 2.24) is 0 Å². The molecule has 0 aliphatic heterocycles. The van der Waals surface area contributed by atoms with Crippen molar-refractivity contribution in [2.45, 2.75) is 32.8 Å². The number of nitrogens with one attached hydrogen (secondary N) is 1. The third-order valence-electron chi connectivity index (χ3n) is 4.01. The number of methoxy groups -OCH3 is 1. The van der Waals surface area contributed by atoms with Crippen LogP contribution in [-0.4, -0.2) is 40.3 Å². The van der Waals surface area contributed by atoms with Gasteiger partial charge in [0, 0.05) is 24.7 Å². The summed E-state index contributed by atoms with van der Waals surface area (Å²) in [6, 6.07) is 14.1. The molecule has 29 heavy (non-hydrogen) atoms. The molecule has 0 atom stereocenters. The van der Waals surface area contributed by atoms with E-state index in [1.54, 1.807) is 42.5 Å². The molecule has 1 amide bonds. The lowest BCUT2D eigenvalue weighted by atomic mass is 10.2. The zero-order chi connectivity index (χ0) is 21.4. The zero-order valence-corrected chi connectivity index (χ0v) is 18.0. The highest BCUT2D eigenvalue weighted by molar-refractivity contribution is 7.92. The van der Waals surface area contributed by atoms with E-state index in [0.29, 0.717) is 29.3 Å². The van der Waals surface area contributed by atoms with Crippen LogP contribution in [0.5, 0.6) is 11.5 Å². The summed E-state index contributed by atoms with van der Waals surface area (Å²) in [5, 5.41) is 2.82. The molecule has 2 rings (SSSR count). The summed E-state index contributed by atoms with van der Waals surface area (Å²) in [6.45, 7) is 4.03. The summed E-state index contributed by atoms with van der Waals surface area (Å²) in [5.74, 6) is 0.946. The lowest BCUT2D eigenvalue weighted by Crippen LogP contribution is -2.31. The van der Waals surface area contributed by atoms with Crippen molar-refractivity contribution in [3.8, 4) is 11.5 Å². The van der Waals surface area contributed by atoms with Crippen LogP contribution in [0.1, 0.15) is 26.7 Å². The Bertz CT molecular complexity index is 928. The van der Waals surface area contributed by atoms with Crippen molar-refractivity contribution >= 4 is 27.3 Å². The molecule has 158 valence electrons. The van der Waals surface area contributed by atoms with Crippen molar-refractivity contribution in [1.29, 1.82) is 0 Å². The van der Waals surface area contributed by atoms with Gasteiger partial charge in [0.25, 0.3) is 0 Å². The van der Waals surface area contributed by atoms with Gasteiger partial charge in [-0.2, -0.15) is 0 Å². The lowest BCUT2D eigenvalue weighted by molar-refractivity contribution is -0.116. The van der Waals surface area contributed by atoms with Crippen LogP contribution in [0, 0.1) is 0 Å². The maximum atomic E-state index is 12.3. The summed E-state index contributed by atoms with van der Waals surface area (Å²) >= 11 is 0. The Labute approximate surface area is 172 Å². The van der Waals surface area contributed by atoms with Crippen LogP contribution in [0.25, 0.3) is 0 Å². The number of ether oxygens (including phenoxy) is 2. The molecule has 0 radical (unpaired) electrons. The maximum Gasteiger partial charge on any atom is 0.232 e. The fourth-order valence-electron chi connectivity index (χ4n) is 2.83. The monoisotopic (exact) mass is 420 g/mol. The smallest absolute Gasteiger partial charge is 0.232 e. The van der Waals surface area contributed by atoms with Crippen molar-refractivity contribution in [2.24, 2.45) is 0 Å². The van der Waals surface area contributed by atoms with Crippen molar-refractivity contribution in [3.63, 3.8) is 0 Å². The van der Waals surface area contributed by atoms with Crippen molar-refractivity contribution < 1.29 is 22.7 Å². The van der Waals surface area contributed by atoms with Crippen LogP contribution in [0.15, 0.2) is 48.5 Å². The van der Waals surface area contributed by atoms with Gasteiger partial charge in [-0.3, -0.25) is 9.10 Å². The number of amides is 1. The SMILES string of the molecule is COc1ccccc1N(CCCC(=O)Nc1cccc(OC(C)C)c1)S(C)(=O)=O. The van der Waals surface area contributed by atoms with Gasteiger partial charge < -0.3 is 14.8 Å². The van der Waals surface area contributed by atoms with E-state index in [1.807, 2.05) is 19.9 Å². The predicted molar refractivity (Wildman–Crippen MR) is 115 cm³/mol. The predicted octanol–water partition coefficient (Wildman–Crippen LogP) is 3.67. The van der Waals surface area contributed by atoms with Gasteiger partial charge in [0.15, 0.2) is 0 Å². The zero-order valence-electron chi connectivity index (χ0n) is 17.2. The van der Waals surface area contributed by atoms with E-state index >= 15 is 0 Å². The minimum Gasteiger partial charge on any atom is -0.495 e. The number of para-hydroxylation sites is 2. The molecule has 7 nitrogen and oxygen atoms in total. The number of hydrogen-bond donors (Lipinski definition) is 1. The number of benzene rings is 2. The van der Waals surface area contributed by atoms with E-state index in [0.717, 1.165) is 6.26 Å². The van der Waals surface area contributed by atoms with Crippen LogP contribution >= 0.6 is 0 Å². The Hall–Kier alpha value is -2.74. The van der Waals surface area contributed by atoms with E-state index in [9.17, 15) is 13.2 Å². The summed E-state index contributed by atoms with van der Waals surface area (Å²) < 4.78 is 36.6. The first kappa shape index (κ1) is 22.5. The normalized spacial score (nSPS) is 11.2. The number of carbonyl (C=O) groups excluding carboxylic acids is 1. The number of hydrogen-bond acceptors (Lipinski definition) is 5. The molecule has 1 N–H and O–H groups in total. The number of carbonyl (C=O) groups is 1. The molecule has 0 heterocycles. The molecule has 2 aromatic rings. The Balaban J connectivity index is 1.98. The number of rotatable bonds is 10. The second-order valence-electron chi connectivity index (χ2n) is 6.85. The number of nitrogens with zero attached hydrogens (tertiary/aromatic N) is 1. The maximum absolute atomic E-state index is 12.3. The molecule has 0 aliphatic rings. The Morgan fingerprint density at radius 3 is 2.52 bits per heavy atom. The summed E-state index contributed by atoms with van der Waals surface area (Å²) in [5.41, 5.74) is 1.09. The highest BCUT2D eigenvalue weighted by Gasteiger charge is 2.20. The number of sulfonamides is 1. The summed E-state index contributed by atoms with van der Waals surface area (Å²) in [7, 11) is -2.03. The van der Waals surface area contributed by atoms with Crippen LogP contribution < -0.4 is 19.1 Å². The van der Waals surface area contributed by atoms with Crippen LogP contribution in [0.3, 0.4) is 0 Å². The Morgan fingerprint density at radius 2 is 1.86 bits per heavy atom. The molecule has 0 fully saturated rings. The molecule has 2 aromatic carbocycles. The van der Waals surface area contributed by atoms with Gasteiger partial charge >= 0.3 is 0 Å². The van der Waals surface area contributed by atoms with E-state index in [-0.39, 0.29) is 25.0 Å². The van der Waals surface area contributed by atoms with E-state index in [2.05, 4.69) is 5.32 Å². The van der Waals surface area contributed by atoms with Gasteiger partial charge in [-0.1, -0.05) is 18.2 Å². The van der Waals surface area contributed by atoms with E-state index < -0.39 is 10.0 Å². The average molecular weight is 421 g/mol. The molecule has 0 aliphatic carbocycles. The van der Waals surface area contributed by atoms with Crippen LogP contribution in [-0.2, 0) is 14.8 Å². The third-order valence-corrected chi connectivity index (χ3v) is 5.19. The first-order valence-corrected chi connectivity index (χ1v) is 11.2. The molecular formula is C21H28N2O5S. The molecular weight excluding hydrogens is 392 g/mol. The van der Waals surface area contributed by atoms with Gasteiger partial charge in [0.05, 0.1) is 25.2 Å². The highest BCUT2D eigenvalue weighted by Crippen LogP contribution is 2.29.